The Kier molecular flexibility index (Phi) is 8.41. The van der Waals surface area contributed by atoms with Crippen LogP contribution in [0.15, 0.2) is 60.2 Å². The lowest BCUT2D eigenvalue weighted by molar-refractivity contribution is -0.137. The van der Waals surface area contributed by atoms with Crippen LogP contribution in [0.4, 0.5) is 23.7 Å². The van der Waals surface area contributed by atoms with Gasteiger partial charge < -0.3 is 9.47 Å². The second-order valence-electron chi connectivity index (χ2n) is 8.66. The molecule has 0 saturated carbocycles. The number of hydrogen-bond acceptors (Lipinski definition) is 5. The predicted molar refractivity (Wildman–Crippen MR) is 144 cm³/mol. The summed E-state index contributed by atoms with van der Waals surface area (Å²) in [6.07, 6.45) is -3.63. The third kappa shape index (κ3) is 6.24. The second-order valence-corrected chi connectivity index (χ2v) is 9.48. The topological polar surface area (TPSA) is 84.9 Å². The molecule has 0 aromatic heterocycles. The van der Waals surface area contributed by atoms with Crippen LogP contribution in [0.5, 0.6) is 11.5 Å². The van der Waals surface area contributed by atoms with Crippen LogP contribution in [-0.4, -0.2) is 24.5 Å². The van der Waals surface area contributed by atoms with Crippen LogP contribution >= 0.6 is 23.2 Å². The van der Waals surface area contributed by atoms with Gasteiger partial charge in [-0.05, 0) is 61.4 Å². The molecule has 1 aliphatic rings. The number of barbiturate groups is 1. The first-order valence-corrected chi connectivity index (χ1v) is 12.6. The number of alkyl halides is 3. The summed E-state index contributed by atoms with van der Waals surface area (Å²) in [6.45, 7) is 4.12. The molecule has 3 aromatic rings. The van der Waals surface area contributed by atoms with E-state index in [4.69, 9.17) is 32.7 Å². The average molecular weight is 593 g/mol. The van der Waals surface area contributed by atoms with Crippen LogP contribution < -0.4 is 19.7 Å². The van der Waals surface area contributed by atoms with Crippen molar-refractivity contribution >= 4 is 52.8 Å². The summed E-state index contributed by atoms with van der Waals surface area (Å²) in [4.78, 5) is 38.8. The third-order valence-electron chi connectivity index (χ3n) is 5.72. The number of nitrogens with zero attached hydrogens (tertiary/aromatic N) is 1. The van der Waals surface area contributed by atoms with Gasteiger partial charge in [0.1, 0.15) is 12.2 Å². The Morgan fingerprint density at radius 1 is 0.975 bits per heavy atom. The number of rotatable bonds is 7. The number of benzene rings is 3. The molecule has 1 heterocycles. The lowest BCUT2D eigenvalue weighted by Gasteiger charge is -2.27. The zero-order valence-corrected chi connectivity index (χ0v) is 22.6. The molecule has 0 spiro atoms. The highest BCUT2D eigenvalue weighted by Gasteiger charge is 2.39. The number of halogens is 5. The molecule has 1 fully saturated rings. The quantitative estimate of drug-likeness (QED) is 0.237. The SMILES string of the molecule is CCOc1cc(/C=C2/C(=O)NC(=O)N(c3cc(C(F)(F)F)ccc3Cl)C2=O)cc(Cl)c1OCc1cccc(C)c1. The van der Waals surface area contributed by atoms with Gasteiger partial charge >= 0.3 is 12.2 Å². The summed E-state index contributed by atoms with van der Waals surface area (Å²) in [6, 6.07) is 11.5. The van der Waals surface area contributed by atoms with E-state index in [1.54, 1.807) is 6.92 Å². The van der Waals surface area contributed by atoms with Crippen molar-refractivity contribution in [1.82, 2.24) is 5.32 Å². The molecule has 40 heavy (non-hydrogen) atoms. The van der Waals surface area contributed by atoms with E-state index in [9.17, 15) is 27.6 Å². The van der Waals surface area contributed by atoms with Gasteiger partial charge in [0, 0.05) is 0 Å². The smallest absolute Gasteiger partial charge is 0.416 e. The van der Waals surface area contributed by atoms with Crippen LogP contribution in [0.2, 0.25) is 10.0 Å². The Morgan fingerprint density at radius 3 is 2.40 bits per heavy atom. The highest BCUT2D eigenvalue weighted by Crippen LogP contribution is 2.39. The number of carbonyl (C=O) groups excluding carboxylic acids is 3. The maximum atomic E-state index is 13.3. The third-order valence-corrected chi connectivity index (χ3v) is 6.32. The van der Waals surface area contributed by atoms with E-state index in [0.29, 0.717) is 17.0 Å². The maximum absolute atomic E-state index is 13.3. The number of hydrogen-bond donors (Lipinski definition) is 1. The molecule has 1 N–H and O–H groups in total. The Labute approximate surface area is 237 Å². The second kappa shape index (κ2) is 11.6. The molecule has 4 rings (SSSR count). The van der Waals surface area contributed by atoms with Crippen LogP contribution in [0, 0.1) is 6.92 Å². The molecule has 4 amide bonds. The number of imide groups is 2. The first kappa shape index (κ1) is 29.0. The number of carbonyl (C=O) groups is 3. The molecular weight excluding hydrogens is 572 g/mol. The summed E-state index contributed by atoms with van der Waals surface area (Å²) < 4.78 is 51.4. The standard InChI is InChI=1S/C28H21Cl2F3N2O5/c1-3-39-23-12-17(11-21(30)24(23)40-14-16-6-4-5-15(2)9-16)10-19-25(36)34-27(38)35(26(19)37)22-13-18(28(31,32)33)7-8-20(22)29/h4-13H,3,14H2,1-2H3,(H,34,36,38)/b19-10-. The van der Waals surface area contributed by atoms with Crippen molar-refractivity contribution in [2.75, 3.05) is 11.5 Å². The number of aryl methyl sites for hydroxylation is 1. The van der Waals surface area contributed by atoms with E-state index in [0.717, 1.165) is 23.3 Å². The summed E-state index contributed by atoms with van der Waals surface area (Å²) in [5.41, 5.74) is -0.0327. The summed E-state index contributed by atoms with van der Waals surface area (Å²) >= 11 is 12.5. The zero-order chi connectivity index (χ0) is 29.2. The molecule has 1 aliphatic heterocycles. The van der Waals surface area contributed by atoms with E-state index in [1.807, 2.05) is 36.5 Å². The minimum absolute atomic E-state index is 0.114. The fourth-order valence-corrected chi connectivity index (χ4v) is 4.41. The van der Waals surface area contributed by atoms with Gasteiger partial charge in [0.2, 0.25) is 0 Å². The largest absolute Gasteiger partial charge is 0.490 e. The minimum atomic E-state index is -4.77. The number of nitrogens with one attached hydrogen (secondary N) is 1. The Morgan fingerprint density at radius 2 is 1.73 bits per heavy atom. The van der Waals surface area contributed by atoms with Crippen LogP contribution in [0.3, 0.4) is 0 Å². The van der Waals surface area contributed by atoms with Crippen LogP contribution in [0.25, 0.3) is 6.08 Å². The predicted octanol–water partition coefficient (Wildman–Crippen LogP) is 6.96. The molecule has 1 saturated heterocycles. The van der Waals surface area contributed by atoms with Crippen molar-refractivity contribution in [1.29, 1.82) is 0 Å². The van der Waals surface area contributed by atoms with Crippen molar-refractivity contribution in [3.05, 3.63) is 92.5 Å². The van der Waals surface area contributed by atoms with E-state index >= 15 is 0 Å². The lowest BCUT2D eigenvalue weighted by Crippen LogP contribution is -2.54. The van der Waals surface area contributed by atoms with Gasteiger partial charge in [0.05, 0.1) is 27.9 Å². The van der Waals surface area contributed by atoms with E-state index in [1.165, 1.54) is 12.1 Å². The van der Waals surface area contributed by atoms with Crippen LogP contribution in [0.1, 0.15) is 29.2 Å². The van der Waals surface area contributed by atoms with Crippen molar-refractivity contribution in [2.45, 2.75) is 26.6 Å². The van der Waals surface area contributed by atoms with Crippen LogP contribution in [-0.2, 0) is 22.4 Å². The highest BCUT2D eigenvalue weighted by molar-refractivity contribution is 6.42. The van der Waals surface area contributed by atoms with E-state index < -0.39 is 40.8 Å². The highest BCUT2D eigenvalue weighted by atomic mass is 35.5. The first-order chi connectivity index (χ1) is 18.9. The average Bonchev–Trinajstić information content (AvgIpc) is 2.86. The number of anilines is 1. The molecule has 208 valence electrons. The fourth-order valence-electron chi connectivity index (χ4n) is 3.93. The number of amides is 4. The zero-order valence-electron chi connectivity index (χ0n) is 21.1. The molecule has 0 radical (unpaired) electrons. The number of urea groups is 1. The molecule has 3 aromatic carbocycles. The van der Waals surface area contributed by atoms with Gasteiger partial charge in [0.15, 0.2) is 11.5 Å². The van der Waals surface area contributed by atoms with Gasteiger partial charge in [-0.3, -0.25) is 14.9 Å². The Bertz CT molecular complexity index is 1540. The van der Waals surface area contributed by atoms with Gasteiger partial charge in [-0.25, -0.2) is 9.69 Å². The lowest BCUT2D eigenvalue weighted by atomic mass is 10.1. The maximum Gasteiger partial charge on any atom is 0.416 e. The van der Waals surface area contributed by atoms with E-state index in [2.05, 4.69) is 0 Å². The summed E-state index contributed by atoms with van der Waals surface area (Å²) in [7, 11) is 0. The van der Waals surface area contributed by atoms with Gasteiger partial charge in [-0.15, -0.1) is 0 Å². The molecule has 12 heteroatoms. The number of ether oxygens (including phenoxy) is 2. The van der Waals surface area contributed by atoms with Crippen molar-refractivity contribution in [3.63, 3.8) is 0 Å². The van der Waals surface area contributed by atoms with Gasteiger partial charge in [-0.1, -0.05) is 53.0 Å². The molecule has 0 bridgehead atoms. The monoisotopic (exact) mass is 592 g/mol. The normalized spacial score (nSPS) is 14.9. The Balaban J connectivity index is 1.70. The summed E-state index contributed by atoms with van der Waals surface area (Å²) in [5.74, 6) is -1.77. The Hall–Kier alpha value is -4.02. The first-order valence-electron chi connectivity index (χ1n) is 11.8. The van der Waals surface area contributed by atoms with Crippen molar-refractivity contribution in [3.8, 4) is 11.5 Å². The molecule has 7 nitrogen and oxygen atoms in total. The molecule has 0 aliphatic carbocycles. The van der Waals surface area contributed by atoms with Gasteiger partial charge in [-0.2, -0.15) is 13.2 Å². The minimum Gasteiger partial charge on any atom is -0.490 e. The summed E-state index contributed by atoms with van der Waals surface area (Å²) in [5, 5.41) is 1.76. The molecule has 0 atom stereocenters. The van der Waals surface area contributed by atoms with Gasteiger partial charge in [0.25, 0.3) is 11.8 Å². The molecular formula is C28H21Cl2F3N2O5. The fraction of sp³-hybridized carbons (Fsp3) is 0.179. The molecule has 0 unspecified atom stereocenters. The van der Waals surface area contributed by atoms with Crippen molar-refractivity contribution in [2.24, 2.45) is 0 Å². The van der Waals surface area contributed by atoms with Crippen molar-refractivity contribution < 1.29 is 37.0 Å². The van der Waals surface area contributed by atoms with E-state index in [-0.39, 0.29) is 40.3 Å².